The lowest BCUT2D eigenvalue weighted by atomic mass is 9.81. The van der Waals surface area contributed by atoms with Crippen LogP contribution in [0.1, 0.15) is 19.8 Å². The minimum atomic E-state index is -0.995. The van der Waals surface area contributed by atoms with E-state index >= 15 is 0 Å². The summed E-state index contributed by atoms with van der Waals surface area (Å²) in [5, 5.41) is 24.0. The lowest BCUT2D eigenvalue weighted by molar-refractivity contribution is -0.262. The molecule has 2 aliphatic rings. The van der Waals surface area contributed by atoms with Crippen molar-refractivity contribution in [3.8, 4) is 0 Å². The average molecular weight is 348 g/mol. The van der Waals surface area contributed by atoms with Crippen LogP contribution in [0.2, 0.25) is 0 Å². The van der Waals surface area contributed by atoms with Gasteiger partial charge in [0.05, 0.1) is 36.4 Å². The number of nitrogens with one attached hydrogen (secondary N) is 1. The maximum atomic E-state index is 10.6. The minimum absolute atomic E-state index is 0.151. The zero-order valence-corrected chi connectivity index (χ0v) is 14.5. The first-order valence-electron chi connectivity index (χ1n) is 8.45. The van der Waals surface area contributed by atoms with Gasteiger partial charge in [-0.1, -0.05) is 0 Å². The van der Waals surface area contributed by atoms with E-state index in [-0.39, 0.29) is 18.2 Å². The summed E-state index contributed by atoms with van der Waals surface area (Å²) in [5.41, 5.74) is 18.1. The molecule has 24 heavy (non-hydrogen) atoms. The molecule has 0 aromatic carbocycles. The van der Waals surface area contributed by atoms with Gasteiger partial charge in [-0.2, -0.15) is 0 Å². The van der Waals surface area contributed by atoms with Crippen LogP contribution in [0.3, 0.4) is 0 Å². The largest absolute Gasteiger partial charge is 0.389 e. The summed E-state index contributed by atoms with van der Waals surface area (Å²) in [7, 11) is 3.14. The highest BCUT2D eigenvalue weighted by Crippen LogP contribution is 2.28. The Balaban J connectivity index is 2.11. The van der Waals surface area contributed by atoms with E-state index in [1.807, 2.05) is 6.92 Å². The molecule has 0 spiro atoms. The third-order valence-corrected chi connectivity index (χ3v) is 5.10. The first-order valence-corrected chi connectivity index (χ1v) is 8.45. The molecule has 0 bridgehead atoms. The van der Waals surface area contributed by atoms with Crippen LogP contribution in [-0.4, -0.2) is 85.3 Å². The maximum Gasteiger partial charge on any atom is 0.173 e. The second-order valence-electron chi connectivity index (χ2n) is 6.82. The average Bonchev–Trinajstić information content (AvgIpc) is 2.55. The Bertz CT molecular complexity index is 402. The van der Waals surface area contributed by atoms with Crippen LogP contribution >= 0.6 is 0 Å². The Morgan fingerprint density at radius 3 is 2.38 bits per heavy atom. The fraction of sp³-hybridized carbons (Fsp3) is 1.00. The Labute approximate surface area is 142 Å². The Morgan fingerprint density at radius 1 is 1.17 bits per heavy atom. The van der Waals surface area contributed by atoms with Crippen LogP contribution in [0.4, 0.5) is 0 Å². The van der Waals surface area contributed by atoms with Crippen LogP contribution < -0.4 is 22.5 Å². The molecule has 0 aromatic heterocycles. The molecular formula is C15H32N4O5. The first kappa shape index (κ1) is 20.0. The smallest absolute Gasteiger partial charge is 0.173 e. The molecule has 142 valence electrons. The predicted molar refractivity (Wildman–Crippen MR) is 88.0 cm³/mol. The molecule has 2 fully saturated rings. The maximum absolute atomic E-state index is 10.6. The number of aliphatic hydroxyl groups excluding tert-OH is 2. The third-order valence-electron chi connectivity index (χ3n) is 5.10. The van der Waals surface area contributed by atoms with Crippen molar-refractivity contribution in [2.45, 2.75) is 80.7 Å². The van der Waals surface area contributed by atoms with Crippen molar-refractivity contribution in [3.63, 3.8) is 0 Å². The predicted octanol–water partition coefficient (Wildman–Crippen LogP) is -2.78. The van der Waals surface area contributed by atoms with Crippen molar-refractivity contribution < 1.29 is 24.4 Å². The highest BCUT2D eigenvalue weighted by Gasteiger charge is 2.50. The van der Waals surface area contributed by atoms with Gasteiger partial charge in [-0.25, -0.2) is 0 Å². The summed E-state index contributed by atoms with van der Waals surface area (Å²) in [6, 6.07) is -1.85. The van der Waals surface area contributed by atoms with E-state index in [1.165, 1.54) is 7.11 Å². The zero-order valence-electron chi connectivity index (χ0n) is 14.5. The molecule has 0 amide bonds. The number of hydrogen-bond acceptors (Lipinski definition) is 9. The second kappa shape index (κ2) is 8.35. The number of ether oxygens (including phenoxy) is 3. The highest BCUT2D eigenvalue weighted by molar-refractivity contribution is 5.05. The molecular weight excluding hydrogens is 316 g/mol. The van der Waals surface area contributed by atoms with Gasteiger partial charge in [-0.05, 0) is 26.8 Å². The Morgan fingerprint density at radius 2 is 1.83 bits per heavy atom. The number of nitrogens with two attached hydrogens (primary N) is 3. The van der Waals surface area contributed by atoms with Crippen LogP contribution in [0, 0.1) is 0 Å². The van der Waals surface area contributed by atoms with Gasteiger partial charge in [0.15, 0.2) is 6.29 Å². The highest BCUT2D eigenvalue weighted by atomic mass is 16.7. The van der Waals surface area contributed by atoms with Crippen molar-refractivity contribution in [1.82, 2.24) is 5.32 Å². The number of likely N-dealkylation sites (N-methyl/N-ethyl adjacent to an activating group) is 1. The first-order chi connectivity index (χ1) is 11.3. The molecule has 0 aromatic rings. The monoisotopic (exact) mass is 348 g/mol. The van der Waals surface area contributed by atoms with E-state index in [2.05, 4.69) is 5.32 Å². The molecule has 0 radical (unpaired) electrons. The van der Waals surface area contributed by atoms with Crippen LogP contribution in [0.5, 0.6) is 0 Å². The lowest BCUT2D eigenvalue weighted by Gasteiger charge is -2.47. The van der Waals surface area contributed by atoms with Gasteiger partial charge >= 0.3 is 0 Å². The summed E-state index contributed by atoms with van der Waals surface area (Å²) < 4.78 is 17.0. The molecule has 1 aliphatic carbocycles. The Kier molecular flexibility index (Phi) is 6.94. The third kappa shape index (κ3) is 3.90. The van der Waals surface area contributed by atoms with Crippen molar-refractivity contribution >= 4 is 0 Å². The van der Waals surface area contributed by atoms with Crippen LogP contribution in [0.15, 0.2) is 0 Å². The zero-order chi connectivity index (χ0) is 18.0. The van der Waals surface area contributed by atoms with Gasteiger partial charge in [0, 0.05) is 13.2 Å². The summed E-state index contributed by atoms with van der Waals surface area (Å²) >= 11 is 0. The molecule has 1 saturated carbocycles. The van der Waals surface area contributed by atoms with Crippen molar-refractivity contribution in [1.29, 1.82) is 0 Å². The lowest BCUT2D eigenvalue weighted by Crippen LogP contribution is -2.71. The van der Waals surface area contributed by atoms with E-state index in [4.69, 9.17) is 31.4 Å². The van der Waals surface area contributed by atoms with Gasteiger partial charge < -0.3 is 46.9 Å². The second-order valence-corrected chi connectivity index (χ2v) is 6.82. The number of hydrogen-bond donors (Lipinski definition) is 6. The van der Waals surface area contributed by atoms with Crippen molar-refractivity contribution in [3.05, 3.63) is 0 Å². The van der Waals surface area contributed by atoms with E-state index in [0.717, 1.165) is 6.42 Å². The minimum Gasteiger partial charge on any atom is -0.389 e. The molecule has 1 saturated heterocycles. The summed E-state index contributed by atoms with van der Waals surface area (Å²) in [6.07, 6.45) is -2.90. The van der Waals surface area contributed by atoms with Gasteiger partial charge in [0.25, 0.3) is 0 Å². The van der Waals surface area contributed by atoms with Crippen molar-refractivity contribution in [2.75, 3.05) is 14.2 Å². The molecule has 5 unspecified atom stereocenters. The number of rotatable bonds is 5. The van der Waals surface area contributed by atoms with Gasteiger partial charge in [0.1, 0.15) is 12.2 Å². The van der Waals surface area contributed by atoms with E-state index in [0.29, 0.717) is 6.42 Å². The van der Waals surface area contributed by atoms with E-state index in [9.17, 15) is 10.2 Å². The summed E-state index contributed by atoms with van der Waals surface area (Å²) in [6.45, 7) is 1.86. The number of methoxy groups -OCH3 is 1. The normalized spacial score (nSPS) is 48.2. The fourth-order valence-corrected chi connectivity index (χ4v) is 3.55. The van der Waals surface area contributed by atoms with E-state index < -0.39 is 42.8 Å². The van der Waals surface area contributed by atoms with E-state index in [1.54, 1.807) is 7.05 Å². The standard InChI is InChI=1S/C15H32N4O5/c1-6(16)8-5-4-7(17)15(23-8)24-13-9(18)11(20)14(22-3)10(19-2)12(13)21/h6-15,19-21H,4-5,16-18H2,1-3H3/t6?,7-,8+,9?,10?,11+,12-,13?,14?,15-/m1/s1. The van der Waals surface area contributed by atoms with Crippen molar-refractivity contribution in [2.24, 2.45) is 17.2 Å². The summed E-state index contributed by atoms with van der Waals surface area (Å²) in [5.74, 6) is 0. The van der Waals surface area contributed by atoms with Crippen LogP contribution in [0.25, 0.3) is 0 Å². The molecule has 10 atom stereocenters. The number of aliphatic hydroxyl groups is 2. The fourth-order valence-electron chi connectivity index (χ4n) is 3.55. The molecule has 1 aliphatic heterocycles. The Hall–Kier alpha value is -0.360. The SMILES string of the molecule is CNC1C(OC)[C@@H](O)C(N)C(O[C@H]2O[C@H](C(C)N)CC[C@H]2N)[C@@H]1O. The van der Waals surface area contributed by atoms with Gasteiger partial charge in [-0.15, -0.1) is 0 Å². The summed E-state index contributed by atoms with van der Waals surface area (Å²) in [4.78, 5) is 0. The molecule has 9 heteroatoms. The van der Waals surface area contributed by atoms with Gasteiger partial charge in [0.2, 0.25) is 0 Å². The topological polar surface area (TPSA) is 158 Å². The van der Waals surface area contributed by atoms with Crippen LogP contribution in [-0.2, 0) is 14.2 Å². The molecule has 2 rings (SSSR count). The molecule has 1 heterocycles. The molecule has 9 nitrogen and oxygen atoms in total. The molecule has 9 N–H and O–H groups in total. The van der Waals surface area contributed by atoms with Gasteiger partial charge in [-0.3, -0.25) is 0 Å². The quantitative estimate of drug-likeness (QED) is 0.309.